The molecule has 0 saturated heterocycles. The lowest BCUT2D eigenvalue weighted by atomic mass is 9.48. The van der Waals surface area contributed by atoms with Gasteiger partial charge in [-0.05, 0) is 149 Å². The molecule has 0 aromatic heterocycles. The monoisotopic (exact) mass is 940 g/mol. The van der Waals surface area contributed by atoms with Crippen LogP contribution in [0, 0.1) is 24.2 Å². The molecule has 8 rings (SSSR count). The van der Waals surface area contributed by atoms with Crippen LogP contribution in [0.3, 0.4) is 0 Å². The van der Waals surface area contributed by atoms with Gasteiger partial charge in [0, 0.05) is 27.9 Å². The molecule has 4 saturated carbocycles. The van der Waals surface area contributed by atoms with E-state index in [1.165, 1.54) is 51.2 Å². The molecule has 0 aliphatic heterocycles. The first kappa shape index (κ1) is 48.8. The third kappa shape index (κ3) is 11.3. The second-order valence-electron chi connectivity index (χ2n) is 18.2. The van der Waals surface area contributed by atoms with Crippen molar-refractivity contribution in [2.75, 3.05) is 32.2 Å². The zero-order valence-corrected chi connectivity index (χ0v) is 39.1. The predicted molar refractivity (Wildman–Crippen MR) is 252 cm³/mol. The van der Waals surface area contributed by atoms with Gasteiger partial charge in [0.2, 0.25) is 0 Å². The molecule has 2 amide bonds. The van der Waals surface area contributed by atoms with E-state index in [-0.39, 0.29) is 62.6 Å². The average molecular weight is 941 g/mol. The summed E-state index contributed by atoms with van der Waals surface area (Å²) >= 11 is 1.11. The van der Waals surface area contributed by atoms with Gasteiger partial charge < -0.3 is 29.6 Å². The number of carbonyl (C=O) groups excluding carboxylic acids is 8. The van der Waals surface area contributed by atoms with Crippen LogP contribution in [0.2, 0.25) is 0 Å². The Balaban J connectivity index is 1.09. The minimum atomic E-state index is -0.952. The van der Waals surface area contributed by atoms with Crippen LogP contribution in [0.1, 0.15) is 120 Å². The fourth-order valence-electron chi connectivity index (χ4n) is 9.66. The zero-order chi connectivity index (χ0) is 48.9. The highest BCUT2D eigenvalue weighted by Crippen LogP contribution is 2.63. The third-order valence-electron chi connectivity index (χ3n) is 12.6. The largest absolute Gasteiger partial charge is 0.462 e. The molecule has 14 nitrogen and oxygen atoms in total. The first-order valence-electron chi connectivity index (χ1n) is 22.1. The lowest BCUT2D eigenvalue weighted by molar-refractivity contribution is -0.177. The fourth-order valence-corrected chi connectivity index (χ4v) is 10.6. The summed E-state index contributed by atoms with van der Waals surface area (Å²) in [5.41, 5.74) is 0.889. The SMILES string of the molecule is C=C(C)C(=O)COC(=O)c1ccc(Sc2ccc(C(=O)OCC(=O)C(=C)C)c(C(=O)Nc3cccc(C(=O)OC45CC6CC(CC(COC(=O)c7ccc(C)cc7)(C6)C4)C5)c3)c2)cc1C(=O)NC. The van der Waals surface area contributed by atoms with E-state index < -0.39 is 60.1 Å². The van der Waals surface area contributed by atoms with Gasteiger partial charge in [0.15, 0.2) is 24.8 Å². The maximum Gasteiger partial charge on any atom is 0.339 e. The average Bonchev–Trinajstić information content (AvgIpc) is 3.30. The molecule has 0 spiro atoms. The van der Waals surface area contributed by atoms with Crippen LogP contribution in [0.5, 0.6) is 0 Å². The number of ether oxygens (including phenoxy) is 4. The van der Waals surface area contributed by atoms with Crippen molar-refractivity contribution in [3.05, 3.63) is 148 Å². The third-order valence-corrected chi connectivity index (χ3v) is 13.6. The molecule has 4 aromatic rings. The first-order valence-corrected chi connectivity index (χ1v) is 23.0. The summed E-state index contributed by atoms with van der Waals surface area (Å²) in [7, 11) is 1.39. The number of esters is 4. The second kappa shape index (κ2) is 20.4. The van der Waals surface area contributed by atoms with E-state index in [4.69, 9.17) is 18.9 Å². The Bertz CT molecular complexity index is 2740. The Hall–Kier alpha value is -7.13. The van der Waals surface area contributed by atoms with Gasteiger partial charge >= 0.3 is 23.9 Å². The van der Waals surface area contributed by atoms with Crippen molar-refractivity contribution >= 4 is 64.7 Å². The van der Waals surface area contributed by atoms with Crippen molar-refractivity contribution in [3.63, 3.8) is 0 Å². The molecular weight excluding hydrogens is 889 g/mol. The van der Waals surface area contributed by atoms with Gasteiger partial charge in [-0.2, -0.15) is 0 Å². The molecule has 0 radical (unpaired) electrons. The van der Waals surface area contributed by atoms with E-state index >= 15 is 0 Å². The number of ketones is 2. The van der Waals surface area contributed by atoms with E-state index in [2.05, 4.69) is 23.8 Å². The molecule has 4 aliphatic carbocycles. The predicted octanol–water partition coefficient (Wildman–Crippen LogP) is 8.71. The summed E-state index contributed by atoms with van der Waals surface area (Å²) in [6, 6.07) is 22.2. The van der Waals surface area contributed by atoms with Crippen LogP contribution in [-0.4, -0.2) is 79.7 Å². The van der Waals surface area contributed by atoms with Crippen LogP contribution >= 0.6 is 11.8 Å². The standard InChI is InChI=1S/C53H52N2O12S/c1-30(2)44(56)26-64-50(62)40-16-14-38(20-42(40)46(58)54-6)68-39-15-17-41(51(63)65-27-45(57)31(3)4)43(21-39)47(59)55-37-9-7-8-36(19-37)49(61)67-53-24-33-18-34(25-53)23-52(22-33,28-53)29-66-48(60)35-12-10-32(5)11-13-35/h7-17,19-21,33-34H,1,3,18,22-29H2,2,4-6H3,(H,54,58)(H,55,59). The fraction of sp³-hybridized carbons (Fsp3) is 0.321. The topological polar surface area (TPSA) is 198 Å². The summed E-state index contributed by atoms with van der Waals surface area (Å²) in [4.78, 5) is 106. The van der Waals surface area contributed by atoms with E-state index in [1.54, 1.807) is 42.5 Å². The number of rotatable bonds is 18. The number of amides is 2. The molecule has 2 atom stereocenters. The number of hydrogen-bond acceptors (Lipinski definition) is 13. The summed E-state index contributed by atoms with van der Waals surface area (Å²) in [6.07, 6.45) is 4.83. The Labute approximate surface area is 398 Å². The highest BCUT2D eigenvalue weighted by atomic mass is 32.2. The van der Waals surface area contributed by atoms with Gasteiger partial charge in [0.1, 0.15) is 5.60 Å². The van der Waals surface area contributed by atoms with E-state index in [9.17, 15) is 38.4 Å². The van der Waals surface area contributed by atoms with Crippen molar-refractivity contribution in [1.82, 2.24) is 5.32 Å². The number of hydrogen-bond donors (Lipinski definition) is 2. The maximum absolute atomic E-state index is 14.2. The molecule has 4 fully saturated rings. The van der Waals surface area contributed by atoms with Gasteiger partial charge in [-0.3, -0.25) is 19.2 Å². The Kier molecular flexibility index (Phi) is 14.6. The van der Waals surface area contributed by atoms with Gasteiger partial charge in [0.25, 0.3) is 11.8 Å². The van der Waals surface area contributed by atoms with Gasteiger partial charge in [0.05, 0.1) is 40.0 Å². The van der Waals surface area contributed by atoms with Crippen LogP contribution in [0.4, 0.5) is 5.69 Å². The van der Waals surface area contributed by atoms with Crippen molar-refractivity contribution in [2.45, 2.75) is 74.7 Å². The summed E-state index contributed by atoms with van der Waals surface area (Å²) in [5, 5.41) is 5.27. The number of Topliss-reactive ketones (excluding diaryl/α,β-unsaturated/α-hetero) is 2. The molecular formula is C53H52N2O12S. The highest BCUT2D eigenvalue weighted by Gasteiger charge is 2.60. The lowest BCUT2D eigenvalue weighted by Crippen LogP contribution is -2.58. The number of carbonyl (C=O) groups is 8. The molecule has 15 heteroatoms. The molecule has 4 aliphatic rings. The summed E-state index contributed by atoms with van der Waals surface area (Å²) in [6.45, 7) is 11.1. The number of nitrogens with one attached hydrogen (secondary N) is 2. The maximum atomic E-state index is 14.2. The smallest absolute Gasteiger partial charge is 0.339 e. The lowest BCUT2D eigenvalue weighted by Gasteiger charge is -2.60. The van der Waals surface area contributed by atoms with Gasteiger partial charge in [-0.1, -0.05) is 48.7 Å². The van der Waals surface area contributed by atoms with Gasteiger partial charge in [-0.25, -0.2) is 19.2 Å². The summed E-state index contributed by atoms with van der Waals surface area (Å²) < 4.78 is 22.7. The number of benzene rings is 4. The van der Waals surface area contributed by atoms with Gasteiger partial charge in [-0.15, -0.1) is 0 Å². The minimum absolute atomic E-state index is 0.0360. The van der Waals surface area contributed by atoms with Crippen molar-refractivity contribution in [3.8, 4) is 0 Å². The van der Waals surface area contributed by atoms with Crippen molar-refractivity contribution in [2.24, 2.45) is 17.3 Å². The molecule has 4 aromatic carbocycles. The van der Waals surface area contributed by atoms with E-state index in [1.807, 2.05) is 19.1 Å². The van der Waals surface area contributed by atoms with Crippen LogP contribution < -0.4 is 10.6 Å². The van der Waals surface area contributed by atoms with E-state index in [0.29, 0.717) is 46.5 Å². The molecule has 0 heterocycles. The quantitative estimate of drug-likeness (QED) is 0.0546. The number of anilines is 1. The van der Waals surface area contributed by atoms with Crippen LogP contribution in [0.25, 0.3) is 0 Å². The second-order valence-corrected chi connectivity index (χ2v) is 19.3. The first-order chi connectivity index (χ1) is 32.3. The van der Waals surface area contributed by atoms with Crippen LogP contribution in [-0.2, 0) is 28.5 Å². The van der Waals surface area contributed by atoms with Crippen molar-refractivity contribution in [1.29, 1.82) is 0 Å². The molecule has 2 unspecified atom stereocenters. The number of aryl methyl sites for hydroxylation is 1. The van der Waals surface area contributed by atoms with Crippen LogP contribution in [0.15, 0.2) is 119 Å². The molecule has 2 N–H and O–H groups in total. The molecule has 352 valence electrons. The molecule has 68 heavy (non-hydrogen) atoms. The Morgan fingerprint density at radius 2 is 1.19 bits per heavy atom. The minimum Gasteiger partial charge on any atom is -0.462 e. The normalized spacial score (nSPS) is 19.8. The highest BCUT2D eigenvalue weighted by molar-refractivity contribution is 7.99. The van der Waals surface area contributed by atoms with E-state index in [0.717, 1.165) is 36.6 Å². The summed E-state index contributed by atoms with van der Waals surface area (Å²) in [5.74, 6) is -4.46. The Morgan fingerprint density at radius 1 is 0.632 bits per heavy atom. The molecule has 4 bridgehead atoms. The van der Waals surface area contributed by atoms with Crippen molar-refractivity contribution < 1.29 is 57.3 Å². The Morgan fingerprint density at radius 3 is 1.74 bits per heavy atom. The zero-order valence-electron chi connectivity index (χ0n) is 38.3.